The van der Waals surface area contributed by atoms with E-state index in [2.05, 4.69) is 10.3 Å². The molecule has 0 bridgehead atoms. The van der Waals surface area contributed by atoms with Crippen LogP contribution in [0.5, 0.6) is 0 Å². The van der Waals surface area contributed by atoms with E-state index in [0.717, 1.165) is 19.3 Å². The molecule has 1 fully saturated rings. The van der Waals surface area contributed by atoms with Gasteiger partial charge in [-0.15, -0.1) is 5.10 Å². The second kappa shape index (κ2) is 3.92. The highest BCUT2D eigenvalue weighted by molar-refractivity contribution is 5.76. The minimum absolute atomic E-state index is 0.165. The fraction of sp³-hybridized carbons (Fsp3) is 0.417. The van der Waals surface area contributed by atoms with E-state index in [1.165, 1.54) is 4.68 Å². The van der Waals surface area contributed by atoms with E-state index in [1.54, 1.807) is 18.2 Å². The minimum Gasteiger partial charge on any atom is -0.391 e. The van der Waals surface area contributed by atoms with Crippen molar-refractivity contribution < 1.29 is 5.11 Å². The van der Waals surface area contributed by atoms with Gasteiger partial charge in [0.25, 0.3) is 5.56 Å². The molecule has 0 saturated heterocycles. The van der Waals surface area contributed by atoms with Crippen LogP contribution < -0.4 is 5.56 Å². The predicted molar refractivity (Wildman–Crippen MR) is 62.7 cm³/mol. The number of hydrogen-bond donors (Lipinski definition) is 1. The number of hydrogen-bond acceptors (Lipinski definition) is 4. The summed E-state index contributed by atoms with van der Waals surface area (Å²) in [5, 5.41) is 18.3. The molecule has 0 unspecified atom stereocenters. The lowest BCUT2D eigenvalue weighted by atomic mass is 10.2. The fourth-order valence-electron chi connectivity index (χ4n) is 2.43. The third-order valence-corrected chi connectivity index (χ3v) is 3.35. The van der Waals surface area contributed by atoms with Crippen molar-refractivity contribution in [2.45, 2.75) is 31.4 Å². The summed E-state index contributed by atoms with van der Waals surface area (Å²) in [5.74, 6) is 0. The molecule has 17 heavy (non-hydrogen) atoms. The number of nitrogens with zero attached hydrogens (tertiary/aromatic N) is 3. The first-order valence-electron chi connectivity index (χ1n) is 5.79. The van der Waals surface area contributed by atoms with Gasteiger partial charge in [-0.2, -0.15) is 0 Å². The SMILES string of the molecule is O=c1c2ccccc2nnn1[C@H]1CCC[C@@H]1O. The van der Waals surface area contributed by atoms with Gasteiger partial charge >= 0.3 is 0 Å². The fourth-order valence-corrected chi connectivity index (χ4v) is 2.43. The van der Waals surface area contributed by atoms with Crippen LogP contribution in [0.3, 0.4) is 0 Å². The molecule has 0 aliphatic heterocycles. The number of rotatable bonds is 1. The Bertz CT molecular complexity index is 608. The highest BCUT2D eigenvalue weighted by atomic mass is 16.3. The Hall–Kier alpha value is -1.75. The van der Waals surface area contributed by atoms with Crippen LogP contribution in [0.4, 0.5) is 0 Å². The lowest BCUT2D eigenvalue weighted by molar-refractivity contribution is 0.126. The molecule has 2 aromatic rings. The first-order valence-corrected chi connectivity index (χ1v) is 5.79. The second-order valence-electron chi connectivity index (χ2n) is 4.42. The Morgan fingerprint density at radius 1 is 1.29 bits per heavy atom. The van der Waals surface area contributed by atoms with Crippen LogP contribution in [-0.4, -0.2) is 26.2 Å². The van der Waals surface area contributed by atoms with Crippen LogP contribution in [0, 0.1) is 0 Å². The highest BCUT2D eigenvalue weighted by Crippen LogP contribution is 2.28. The van der Waals surface area contributed by atoms with Gasteiger partial charge in [0.05, 0.1) is 17.5 Å². The number of benzene rings is 1. The van der Waals surface area contributed by atoms with Gasteiger partial charge in [-0.3, -0.25) is 4.79 Å². The summed E-state index contributed by atoms with van der Waals surface area (Å²) in [4.78, 5) is 12.2. The Balaban J connectivity index is 2.18. The van der Waals surface area contributed by atoms with Crippen LogP contribution in [0.25, 0.3) is 10.9 Å². The van der Waals surface area contributed by atoms with Crippen molar-refractivity contribution in [3.8, 4) is 0 Å². The average Bonchev–Trinajstić information content (AvgIpc) is 2.76. The van der Waals surface area contributed by atoms with Gasteiger partial charge in [-0.25, -0.2) is 4.68 Å². The molecule has 1 aromatic heterocycles. The van der Waals surface area contributed by atoms with E-state index in [0.29, 0.717) is 10.9 Å². The van der Waals surface area contributed by atoms with Crippen molar-refractivity contribution in [1.82, 2.24) is 15.0 Å². The van der Waals surface area contributed by atoms with E-state index in [-0.39, 0.29) is 11.6 Å². The molecule has 5 nitrogen and oxygen atoms in total. The maximum Gasteiger partial charge on any atom is 0.277 e. The molecule has 3 rings (SSSR count). The maximum absolute atomic E-state index is 12.2. The Kier molecular flexibility index (Phi) is 2.40. The summed E-state index contributed by atoms with van der Waals surface area (Å²) < 4.78 is 1.33. The Labute approximate surface area is 97.7 Å². The quantitative estimate of drug-likeness (QED) is 0.791. The van der Waals surface area contributed by atoms with Crippen molar-refractivity contribution >= 4 is 10.9 Å². The molecule has 0 spiro atoms. The van der Waals surface area contributed by atoms with Gasteiger partial charge in [0, 0.05) is 0 Å². The van der Waals surface area contributed by atoms with Crippen molar-refractivity contribution in [2.75, 3.05) is 0 Å². The largest absolute Gasteiger partial charge is 0.391 e. The third-order valence-electron chi connectivity index (χ3n) is 3.35. The smallest absolute Gasteiger partial charge is 0.277 e. The zero-order valence-electron chi connectivity index (χ0n) is 9.28. The molecule has 2 atom stereocenters. The van der Waals surface area contributed by atoms with Crippen LogP contribution in [0.1, 0.15) is 25.3 Å². The van der Waals surface area contributed by atoms with Crippen molar-refractivity contribution in [1.29, 1.82) is 0 Å². The van der Waals surface area contributed by atoms with Crippen molar-refractivity contribution in [3.05, 3.63) is 34.6 Å². The van der Waals surface area contributed by atoms with Crippen molar-refractivity contribution in [2.24, 2.45) is 0 Å². The van der Waals surface area contributed by atoms with E-state index in [1.807, 2.05) is 6.07 Å². The number of fused-ring (bicyclic) bond motifs is 1. The number of aliphatic hydroxyl groups excluding tert-OH is 1. The molecule has 88 valence electrons. The topological polar surface area (TPSA) is 68.0 Å². The molecular formula is C12H13N3O2. The summed E-state index contributed by atoms with van der Waals surface area (Å²) in [6.45, 7) is 0. The van der Waals surface area contributed by atoms with E-state index in [9.17, 15) is 9.90 Å². The van der Waals surface area contributed by atoms with E-state index in [4.69, 9.17) is 0 Å². The second-order valence-corrected chi connectivity index (χ2v) is 4.42. The Morgan fingerprint density at radius 2 is 2.12 bits per heavy atom. The van der Waals surface area contributed by atoms with E-state index < -0.39 is 6.10 Å². The molecule has 1 aliphatic rings. The minimum atomic E-state index is -0.483. The number of aromatic nitrogens is 3. The zero-order valence-corrected chi connectivity index (χ0v) is 9.28. The molecule has 1 N–H and O–H groups in total. The molecule has 1 aromatic carbocycles. The Morgan fingerprint density at radius 3 is 2.88 bits per heavy atom. The zero-order chi connectivity index (χ0) is 11.8. The monoisotopic (exact) mass is 231 g/mol. The van der Waals surface area contributed by atoms with E-state index >= 15 is 0 Å². The molecule has 1 saturated carbocycles. The molecular weight excluding hydrogens is 218 g/mol. The third kappa shape index (κ3) is 1.63. The van der Waals surface area contributed by atoms with Gasteiger partial charge in [-0.05, 0) is 31.4 Å². The van der Waals surface area contributed by atoms with Crippen LogP contribution in [-0.2, 0) is 0 Å². The van der Waals surface area contributed by atoms with Crippen molar-refractivity contribution in [3.63, 3.8) is 0 Å². The first kappa shape index (κ1) is 10.4. The highest BCUT2D eigenvalue weighted by Gasteiger charge is 2.29. The standard InChI is InChI=1S/C12H13N3O2/c16-11-7-3-6-10(11)15-12(17)8-4-1-2-5-9(8)13-14-15/h1-2,4-5,10-11,16H,3,6-7H2/t10-,11-/m0/s1. The van der Waals surface area contributed by atoms with Gasteiger partial charge in [0.15, 0.2) is 0 Å². The average molecular weight is 231 g/mol. The van der Waals surface area contributed by atoms with Crippen LogP contribution in [0.15, 0.2) is 29.1 Å². The molecule has 1 heterocycles. The normalized spacial score (nSPS) is 24.3. The predicted octanol–water partition coefficient (Wildman–Crippen LogP) is 0.877. The number of aliphatic hydroxyl groups is 1. The van der Waals surface area contributed by atoms with Gasteiger partial charge in [0.1, 0.15) is 5.52 Å². The lowest BCUT2D eigenvalue weighted by Gasteiger charge is -2.15. The first-order chi connectivity index (χ1) is 8.27. The molecule has 0 amide bonds. The maximum atomic E-state index is 12.2. The van der Waals surface area contributed by atoms with Gasteiger partial charge in [0.2, 0.25) is 0 Å². The summed E-state index contributed by atoms with van der Waals surface area (Å²) in [6, 6.07) is 6.91. The van der Waals surface area contributed by atoms with Crippen LogP contribution in [0.2, 0.25) is 0 Å². The summed E-state index contributed by atoms with van der Waals surface area (Å²) in [7, 11) is 0. The molecule has 0 radical (unpaired) electrons. The summed E-state index contributed by atoms with van der Waals surface area (Å²) in [6.07, 6.45) is 1.95. The van der Waals surface area contributed by atoms with Gasteiger partial charge < -0.3 is 5.11 Å². The van der Waals surface area contributed by atoms with Gasteiger partial charge in [-0.1, -0.05) is 17.3 Å². The summed E-state index contributed by atoms with van der Waals surface area (Å²) >= 11 is 0. The lowest BCUT2D eigenvalue weighted by Crippen LogP contribution is -2.32. The molecule has 5 heteroatoms. The summed E-state index contributed by atoms with van der Waals surface area (Å²) in [5.41, 5.74) is 0.433. The van der Waals surface area contributed by atoms with Crippen LogP contribution >= 0.6 is 0 Å². The molecule has 1 aliphatic carbocycles.